The van der Waals surface area contributed by atoms with Crippen LogP contribution in [0.2, 0.25) is 0 Å². The van der Waals surface area contributed by atoms with Gasteiger partial charge in [0.2, 0.25) is 30.0 Å². The molecule has 0 atom stereocenters. The third kappa shape index (κ3) is 6.29. The van der Waals surface area contributed by atoms with Gasteiger partial charge in [0, 0.05) is 48.7 Å². The summed E-state index contributed by atoms with van der Waals surface area (Å²) >= 11 is 0. The maximum absolute atomic E-state index is 12.6. The van der Waals surface area contributed by atoms with E-state index in [1.807, 2.05) is 24.3 Å². The number of benzene rings is 2. The van der Waals surface area contributed by atoms with Crippen molar-refractivity contribution < 1.29 is 33.7 Å². The molecule has 2 aromatic heterocycles. The van der Waals surface area contributed by atoms with Crippen molar-refractivity contribution in [1.82, 2.24) is 19.9 Å². The predicted molar refractivity (Wildman–Crippen MR) is 160 cm³/mol. The molecule has 0 bridgehead atoms. The smallest absolute Gasteiger partial charge is 0.223 e. The lowest BCUT2D eigenvalue weighted by Crippen LogP contribution is -2.41. The zero-order valence-electron chi connectivity index (χ0n) is 23.9. The molecule has 1 saturated carbocycles. The standard InChI is InChI=1S/C28H28N4O8S4/c1-41(33,34)21-15-19(29-27(31-21)43(3,37)38)25-23(17-11-7-5-8-12-17)26(24(25)18-13-9-6-10-14-18)20-16-22(42(2,35)36)32-28(30-20)44(4,39)40/h5-16,23-26H,1-4H3/t23-,24-,25-,26+. The van der Waals surface area contributed by atoms with Crippen LogP contribution >= 0.6 is 0 Å². The van der Waals surface area contributed by atoms with Crippen molar-refractivity contribution in [1.29, 1.82) is 0 Å². The summed E-state index contributed by atoms with van der Waals surface area (Å²) in [5, 5.41) is -2.24. The van der Waals surface area contributed by atoms with Crippen LogP contribution in [0.25, 0.3) is 0 Å². The Morgan fingerprint density at radius 2 is 0.750 bits per heavy atom. The van der Waals surface area contributed by atoms with Gasteiger partial charge >= 0.3 is 0 Å². The molecule has 2 heterocycles. The lowest BCUT2D eigenvalue weighted by Gasteiger charge is -2.52. The quantitative estimate of drug-likeness (QED) is 0.196. The van der Waals surface area contributed by atoms with Gasteiger partial charge in [-0.2, -0.15) is 0 Å². The number of aromatic nitrogens is 4. The highest BCUT2D eigenvalue weighted by molar-refractivity contribution is 7.91. The van der Waals surface area contributed by atoms with Gasteiger partial charge in [0.25, 0.3) is 0 Å². The molecular weight excluding hydrogens is 649 g/mol. The van der Waals surface area contributed by atoms with Crippen molar-refractivity contribution in [2.24, 2.45) is 0 Å². The van der Waals surface area contributed by atoms with Gasteiger partial charge in [-0.15, -0.1) is 0 Å². The minimum absolute atomic E-state index is 0.139. The first kappa shape index (κ1) is 31.8. The fourth-order valence-corrected chi connectivity index (χ4v) is 7.92. The van der Waals surface area contributed by atoms with Crippen molar-refractivity contribution in [3.63, 3.8) is 0 Å². The molecule has 2 aromatic carbocycles. The minimum atomic E-state index is -4.04. The van der Waals surface area contributed by atoms with Crippen molar-refractivity contribution >= 4 is 39.3 Å². The largest absolute Gasteiger partial charge is 0.248 e. The van der Waals surface area contributed by atoms with Crippen LogP contribution in [0.15, 0.2) is 93.2 Å². The van der Waals surface area contributed by atoms with Crippen LogP contribution in [-0.2, 0) is 39.3 Å². The molecule has 5 rings (SSSR count). The third-order valence-electron chi connectivity index (χ3n) is 7.43. The van der Waals surface area contributed by atoms with E-state index in [9.17, 15) is 33.7 Å². The summed E-state index contributed by atoms with van der Waals surface area (Å²) in [6.07, 6.45) is 3.59. The van der Waals surface area contributed by atoms with Gasteiger partial charge in [0.05, 0.1) is 11.4 Å². The molecule has 0 unspecified atom stereocenters. The highest BCUT2D eigenvalue weighted by atomic mass is 32.2. The zero-order valence-corrected chi connectivity index (χ0v) is 27.2. The molecule has 44 heavy (non-hydrogen) atoms. The van der Waals surface area contributed by atoms with Crippen molar-refractivity contribution in [2.75, 3.05) is 25.0 Å². The Morgan fingerprint density at radius 1 is 0.432 bits per heavy atom. The molecule has 0 spiro atoms. The summed E-state index contributed by atoms with van der Waals surface area (Å²) in [7, 11) is -16.0. The second kappa shape index (κ2) is 11.1. The van der Waals surface area contributed by atoms with Gasteiger partial charge in [-0.25, -0.2) is 53.6 Å². The second-order valence-electron chi connectivity index (χ2n) is 10.8. The van der Waals surface area contributed by atoms with Crippen LogP contribution in [0, 0.1) is 0 Å². The molecule has 0 aliphatic heterocycles. The second-order valence-corrected chi connectivity index (χ2v) is 18.6. The highest BCUT2D eigenvalue weighted by Crippen LogP contribution is 2.66. The fourth-order valence-electron chi connectivity index (χ4n) is 5.56. The maximum Gasteiger partial charge on any atom is 0.248 e. The van der Waals surface area contributed by atoms with Crippen LogP contribution in [-0.4, -0.2) is 78.6 Å². The number of sulfone groups is 4. The molecule has 1 aliphatic carbocycles. The van der Waals surface area contributed by atoms with Crippen molar-refractivity contribution in [3.8, 4) is 0 Å². The molecule has 0 saturated heterocycles. The average Bonchev–Trinajstić information content (AvgIpc) is 2.91. The summed E-state index contributed by atoms with van der Waals surface area (Å²) in [4.78, 5) is 16.3. The number of nitrogens with zero attached hydrogens (tertiary/aromatic N) is 4. The van der Waals surface area contributed by atoms with E-state index in [1.54, 1.807) is 36.4 Å². The van der Waals surface area contributed by atoms with Crippen molar-refractivity contribution in [3.05, 3.63) is 95.3 Å². The molecule has 232 valence electrons. The predicted octanol–water partition coefficient (Wildman–Crippen LogP) is 2.33. The van der Waals surface area contributed by atoms with Crippen molar-refractivity contribution in [2.45, 2.75) is 44.0 Å². The molecule has 1 aliphatic rings. The van der Waals surface area contributed by atoms with Gasteiger partial charge in [-0.3, -0.25) is 0 Å². The molecule has 0 amide bonds. The minimum Gasteiger partial charge on any atom is -0.223 e. The molecule has 0 radical (unpaired) electrons. The summed E-state index contributed by atoms with van der Waals surface area (Å²) < 4.78 is 101. The Bertz CT molecular complexity index is 1930. The number of hydrogen-bond acceptors (Lipinski definition) is 12. The van der Waals surface area contributed by atoms with Crippen LogP contribution in [0.4, 0.5) is 0 Å². The Morgan fingerprint density at radius 3 is 1.02 bits per heavy atom. The zero-order chi connectivity index (χ0) is 32.2. The molecule has 1 fully saturated rings. The normalized spacial score (nSPS) is 21.0. The van der Waals surface area contributed by atoms with E-state index in [0.29, 0.717) is 0 Å². The molecule has 16 heteroatoms. The van der Waals surface area contributed by atoms with Crippen LogP contribution < -0.4 is 0 Å². The summed E-state index contributed by atoms with van der Waals surface area (Å²) in [5.74, 6) is -2.48. The first-order chi connectivity index (χ1) is 20.4. The third-order valence-corrected chi connectivity index (χ3v) is 11.1. The van der Waals surface area contributed by atoms with Crippen LogP contribution in [0.5, 0.6) is 0 Å². The van der Waals surface area contributed by atoms with E-state index >= 15 is 0 Å². The molecular formula is C28H28N4O8S4. The van der Waals surface area contributed by atoms with Gasteiger partial charge in [-0.05, 0) is 23.3 Å². The van der Waals surface area contributed by atoms with Gasteiger partial charge in [0.15, 0.2) is 29.7 Å². The Kier molecular flexibility index (Phi) is 8.01. The summed E-state index contributed by atoms with van der Waals surface area (Å²) in [5.41, 5.74) is 1.74. The van der Waals surface area contributed by atoms with Gasteiger partial charge < -0.3 is 0 Å². The van der Waals surface area contributed by atoms with E-state index in [0.717, 1.165) is 36.1 Å². The van der Waals surface area contributed by atoms with Gasteiger partial charge in [-0.1, -0.05) is 60.7 Å². The van der Waals surface area contributed by atoms with E-state index in [1.165, 1.54) is 12.1 Å². The summed E-state index contributed by atoms with van der Waals surface area (Å²) in [6.45, 7) is 0. The Balaban J connectivity index is 1.85. The lowest BCUT2D eigenvalue weighted by atomic mass is 9.50. The number of hydrogen-bond donors (Lipinski definition) is 0. The topological polar surface area (TPSA) is 188 Å². The molecule has 12 nitrogen and oxygen atoms in total. The summed E-state index contributed by atoms with van der Waals surface area (Å²) in [6, 6.07) is 20.5. The molecule has 4 aromatic rings. The average molecular weight is 677 g/mol. The SMILES string of the molecule is CS(=O)(=O)c1cc([C@H]2[C@H](c3ccccc3)[C@@H](c3cc(S(C)(=O)=O)nc(S(C)(=O)=O)n3)[C@H]2c2ccccc2)nc(S(C)(=O)=O)n1. The van der Waals surface area contributed by atoms with E-state index in [2.05, 4.69) is 19.9 Å². The van der Waals surface area contributed by atoms with E-state index in [4.69, 9.17) is 0 Å². The van der Waals surface area contributed by atoms with Crippen LogP contribution in [0.3, 0.4) is 0 Å². The Labute approximate surface area is 256 Å². The maximum atomic E-state index is 12.6. The van der Waals surface area contributed by atoms with Crippen LogP contribution in [0.1, 0.15) is 46.2 Å². The van der Waals surface area contributed by atoms with Gasteiger partial charge in [0.1, 0.15) is 0 Å². The highest BCUT2D eigenvalue weighted by Gasteiger charge is 2.55. The van der Waals surface area contributed by atoms with E-state index < -0.39 is 83.4 Å². The monoisotopic (exact) mass is 676 g/mol. The first-order valence-corrected chi connectivity index (χ1v) is 20.6. The molecule has 0 N–H and O–H groups in total. The number of rotatable bonds is 8. The fraction of sp³-hybridized carbons (Fsp3) is 0.286. The van der Waals surface area contributed by atoms with E-state index in [-0.39, 0.29) is 11.4 Å². The first-order valence-electron chi connectivity index (χ1n) is 13.0. The Hall–Kier alpha value is -3.60. The lowest BCUT2D eigenvalue weighted by molar-refractivity contribution is 0.217.